The first kappa shape index (κ1) is 10.9. The fourth-order valence-electron chi connectivity index (χ4n) is 2.09. The predicted molar refractivity (Wildman–Crippen MR) is 74.4 cm³/mol. The van der Waals surface area contributed by atoms with Crippen LogP contribution in [0.3, 0.4) is 0 Å². The topological polar surface area (TPSA) is 25.8 Å². The van der Waals surface area contributed by atoms with Crippen LogP contribution in [0.4, 0.5) is 0 Å². The second kappa shape index (κ2) is 4.22. The van der Waals surface area contributed by atoms with Crippen molar-refractivity contribution in [1.29, 1.82) is 0 Å². The predicted octanol–water partition coefficient (Wildman–Crippen LogP) is 3.91. The lowest BCUT2D eigenvalue weighted by molar-refractivity contribution is 1.25. The van der Waals surface area contributed by atoms with Crippen LogP contribution in [0.5, 0.6) is 0 Å². The van der Waals surface area contributed by atoms with Gasteiger partial charge in [-0.2, -0.15) is 0 Å². The van der Waals surface area contributed by atoms with Gasteiger partial charge in [-0.05, 0) is 43.7 Å². The molecule has 0 atom stereocenters. The second-order valence-corrected chi connectivity index (χ2v) is 4.63. The lowest BCUT2D eigenvalue weighted by atomic mass is 10.1. The molecule has 2 nitrogen and oxygen atoms in total. The van der Waals surface area contributed by atoms with Crippen molar-refractivity contribution in [1.82, 2.24) is 9.97 Å². The van der Waals surface area contributed by atoms with Crippen LogP contribution in [0, 0.1) is 13.8 Å². The van der Waals surface area contributed by atoms with Crippen molar-refractivity contribution in [2.45, 2.75) is 13.8 Å². The third-order valence-electron chi connectivity index (χ3n) is 2.99. The number of aromatic nitrogens is 2. The average Bonchev–Trinajstić information content (AvgIpc) is 2.38. The third kappa shape index (κ3) is 1.97. The molecule has 0 amide bonds. The SMILES string of the molecule is Cc1cccc(-c2ccc3cc(C)cnc3n2)c1. The van der Waals surface area contributed by atoms with E-state index < -0.39 is 0 Å². The van der Waals surface area contributed by atoms with Crippen molar-refractivity contribution in [3.63, 3.8) is 0 Å². The van der Waals surface area contributed by atoms with E-state index in [1.54, 1.807) is 0 Å². The van der Waals surface area contributed by atoms with E-state index in [4.69, 9.17) is 0 Å². The number of hydrogen-bond donors (Lipinski definition) is 0. The minimum atomic E-state index is 0.805. The highest BCUT2D eigenvalue weighted by Crippen LogP contribution is 2.21. The fraction of sp³-hybridized carbons (Fsp3) is 0.125. The fourth-order valence-corrected chi connectivity index (χ4v) is 2.09. The van der Waals surface area contributed by atoms with E-state index in [0.29, 0.717) is 0 Å². The van der Waals surface area contributed by atoms with Crippen LogP contribution in [0.2, 0.25) is 0 Å². The van der Waals surface area contributed by atoms with E-state index in [0.717, 1.165) is 27.9 Å². The second-order valence-electron chi connectivity index (χ2n) is 4.63. The molecular formula is C16H14N2. The largest absolute Gasteiger partial charge is 0.236 e. The molecule has 0 fully saturated rings. The van der Waals surface area contributed by atoms with Gasteiger partial charge in [0.05, 0.1) is 5.69 Å². The maximum Gasteiger partial charge on any atom is 0.159 e. The molecule has 0 radical (unpaired) electrons. The van der Waals surface area contributed by atoms with Crippen LogP contribution in [-0.2, 0) is 0 Å². The number of nitrogens with zero attached hydrogens (tertiary/aromatic N) is 2. The maximum atomic E-state index is 4.62. The molecule has 18 heavy (non-hydrogen) atoms. The van der Waals surface area contributed by atoms with Gasteiger partial charge < -0.3 is 0 Å². The van der Waals surface area contributed by atoms with Crippen molar-refractivity contribution in [2.24, 2.45) is 0 Å². The summed E-state index contributed by atoms with van der Waals surface area (Å²) in [4.78, 5) is 8.99. The molecule has 2 heteroatoms. The zero-order valence-corrected chi connectivity index (χ0v) is 10.5. The van der Waals surface area contributed by atoms with Gasteiger partial charge in [0.25, 0.3) is 0 Å². The van der Waals surface area contributed by atoms with Crippen molar-refractivity contribution in [3.05, 3.63) is 59.8 Å². The lowest BCUT2D eigenvalue weighted by Crippen LogP contribution is -1.89. The monoisotopic (exact) mass is 234 g/mol. The van der Waals surface area contributed by atoms with Gasteiger partial charge in [0.2, 0.25) is 0 Å². The smallest absolute Gasteiger partial charge is 0.159 e. The van der Waals surface area contributed by atoms with Crippen molar-refractivity contribution in [3.8, 4) is 11.3 Å². The Morgan fingerprint density at radius 2 is 1.78 bits per heavy atom. The number of hydrogen-bond acceptors (Lipinski definition) is 2. The van der Waals surface area contributed by atoms with Gasteiger partial charge in [-0.1, -0.05) is 23.8 Å². The first-order chi connectivity index (χ1) is 8.72. The number of aryl methyl sites for hydroxylation is 2. The van der Waals surface area contributed by atoms with Gasteiger partial charge in [0.1, 0.15) is 0 Å². The molecular weight excluding hydrogens is 220 g/mol. The Labute approximate surface area is 106 Å². The standard InChI is InChI=1S/C16H14N2/c1-11-4-3-5-13(8-11)15-7-6-14-9-12(2)10-17-16(14)18-15/h3-10H,1-2H3. The summed E-state index contributed by atoms with van der Waals surface area (Å²) in [5, 5.41) is 1.09. The lowest BCUT2D eigenvalue weighted by Gasteiger charge is -2.04. The minimum Gasteiger partial charge on any atom is -0.236 e. The van der Waals surface area contributed by atoms with Crippen LogP contribution >= 0.6 is 0 Å². The van der Waals surface area contributed by atoms with Crippen LogP contribution in [-0.4, -0.2) is 9.97 Å². The van der Waals surface area contributed by atoms with E-state index in [-0.39, 0.29) is 0 Å². The van der Waals surface area contributed by atoms with Gasteiger partial charge in [-0.15, -0.1) is 0 Å². The van der Waals surface area contributed by atoms with E-state index in [1.807, 2.05) is 13.1 Å². The molecule has 1 aromatic carbocycles. The Morgan fingerprint density at radius 1 is 0.889 bits per heavy atom. The van der Waals surface area contributed by atoms with Crippen molar-refractivity contribution in [2.75, 3.05) is 0 Å². The summed E-state index contributed by atoms with van der Waals surface area (Å²) in [5.41, 5.74) is 5.32. The molecule has 0 spiro atoms. The Morgan fingerprint density at radius 3 is 2.61 bits per heavy atom. The van der Waals surface area contributed by atoms with Crippen LogP contribution in [0.15, 0.2) is 48.7 Å². The van der Waals surface area contributed by atoms with Gasteiger partial charge in [-0.25, -0.2) is 9.97 Å². The molecule has 0 N–H and O–H groups in total. The Kier molecular flexibility index (Phi) is 2.56. The minimum absolute atomic E-state index is 0.805. The summed E-state index contributed by atoms with van der Waals surface area (Å²) < 4.78 is 0. The summed E-state index contributed by atoms with van der Waals surface area (Å²) in [7, 11) is 0. The van der Waals surface area contributed by atoms with Crippen LogP contribution in [0.25, 0.3) is 22.3 Å². The van der Waals surface area contributed by atoms with Crippen LogP contribution < -0.4 is 0 Å². The normalized spacial score (nSPS) is 10.8. The average molecular weight is 234 g/mol. The van der Waals surface area contributed by atoms with Gasteiger partial charge >= 0.3 is 0 Å². The molecule has 0 saturated carbocycles. The van der Waals surface area contributed by atoms with Crippen molar-refractivity contribution >= 4 is 11.0 Å². The third-order valence-corrected chi connectivity index (χ3v) is 2.99. The summed E-state index contributed by atoms with van der Waals surface area (Å²) in [6, 6.07) is 14.6. The Bertz CT molecular complexity index is 717. The summed E-state index contributed by atoms with van der Waals surface area (Å²) in [6.45, 7) is 4.13. The van der Waals surface area contributed by atoms with Crippen molar-refractivity contribution < 1.29 is 0 Å². The first-order valence-corrected chi connectivity index (χ1v) is 6.03. The molecule has 0 saturated heterocycles. The molecule has 0 aliphatic heterocycles. The molecule has 0 aliphatic carbocycles. The molecule has 3 rings (SSSR count). The molecule has 3 aromatic rings. The maximum absolute atomic E-state index is 4.62. The Balaban J connectivity index is 2.16. The highest BCUT2D eigenvalue weighted by molar-refractivity contribution is 5.78. The van der Waals surface area contributed by atoms with Gasteiger partial charge in [0, 0.05) is 17.1 Å². The highest BCUT2D eigenvalue weighted by Gasteiger charge is 2.02. The summed E-state index contributed by atoms with van der Waals surface area (Å²) in [6.07, 6.45) is 1.86. The van der Waals surface area contributed by atoms with E-state index in [9.17, 15) is 0 Å². The molecule has 0 unspecified atom stereocenters. The molecule has 0 aliphatic rings. The number of pyridine rings is 2. The zero-order chi connectivity index (χ0) is 12.5. The quantitative estimate of drug-likeness (QED) is 0.638. The van der Waals surface area contributed by atoms with Gasteiger partial charge in [0.15, 0.2) is 5.65 Å². The molecule has 88 valence electrons. The Hall–Kier alpha value is -2.22. The van der Waals surface area contributed by atoms with E-state index in [2.05, 4.69) is 59.4 Å². The molecule has 2 aromatic heterocycles. The summed E-state index contributed by atoms with van der Waals surface area (Å²) in [5.74, 6) is 0. The number of benzene rings is 1. The zero-order valence-electron chi connectivity index (χ0n) is 10.5. The number of rotatable bonds is 1. The highest BCUT2D eigenvalue weighted by atomic mass is 14.8. The van der Waals surface area contributed by atoms with Crippen LogP contribution in [0.1, 0.15) is 11.1 Å². The van der Waals surface area contributed by atoms with E-state index >= 15 is 0 Å². The molecule has 2 heterocycles. The van der Waals surface area contributed by atoms with E-state index in [1.165, 1.54) is 5.56 Å². The summed E-state index contributed by atoms with van der Waals surface area (Å²) >= 11 is 0. The first-order valence-electron chi connectivity index (χ1n) is 6.03. The number of fused-ring (bicyclic) bond motifs is 1. The molecule has 0 bridgehead atoms. The van der Waals surface area contributed by atoms with Gasteiger partial charge in [-0.3, -0.25) is 0 Å².